The highest BCUT2D eigenvalue weighted by Gasteiger charge is 2.24. The number of likely N-dealkylation sites (tertiary alicyclic amines) is 1. The van der Waals surface area contributed by atoms with E-state index in [1.54, 1.807) is 20.3 Å². The number of aromatic amines is 1. The normalized spacial score (nSPS) is 17.9. The predicted molar refractivity (Wildman–Crippen MR) is 101 cm³/mol. The summed E-state index contributed by atoms with van der Waals surface area (Å²) in [5, 5.41) is 0. The van der Waals surface area contributed by atoms with Crippen molar-refractivity contribution in [2.75, 3.05) is 27.3 Å². The fourth-order valence-corrected chi connectivity index (χ4v) is 3.55. The topological polar surface area (TPSA) is 67.5 Å². The van der Waals surface area contributed by atoms with E-state index < -0.39 is 0 Å². The van der Waals surface area contributed by atoms with E-state index in [2.05, 4.69) is 20.9 Å². The van der Waals surface area contributed by atoms with Crippen molar-refractivity contribution in [2.45, 2.75) is 38.6 Å². The van der Waals surface area contributed by atoms with Gasteiger partial charge in [0, 0.05) is 42.4 Å². The first-order valence-electron chi connectivity index (χ1n) is 9.16. The zero-order chi connectivity index (χ0) is 18.5. The summed E-state index contributed by atoms with van der Waals surface area (Å²) < 4.78 is 10.8. The van der Waals surface area contributed by atoms with Crippen LogP contribution in [0.3, 0.4) is 0 Å². The molecule has 0 aliphatic carbocycles. The summed E-state index contributed by atoms with van der Waals surface area (Å²) in [5.74, 6) is 2.71. The number of aromatic nitrogens is 2. The van der Waals surface area contributed by atoms with Crippen LogP contribution in [0.25, 0.3) is 0 Å². The molecule has 0 amide bonds. The van der Waals surface area contributed by atoms with Gasteiger partial charge in [-0.1, -0.05) is 13.0 Å². The monoisotopic (exact) mass is 357 g/mol. The lowest BCUT2D eigenvalue weighted by atomic mass is 9.96. The zero-order valence-electron chi connectivity index (χ0n) is 15.7. The van der Waals surface area contributed by atoms with Gasteiger partial charge in [-0.3, -0.25) is 9.69 Å². The van der Waals surface area contributed by atoms with E-state index in [1.165, 1.54) is 0 Å². The van der Waals surface area contributed by atoms with Gasteiger partial charge in [-0.15, -0.1) is 0 Å². The molecule has 2 heterocycles. The van der Waals surface area contributed by atoms with Crippen molar-refractivity contribution >= 4 is 0 Å². The van der Waals surface area contributed by atoms with E-state index >= 15 is 0 Å². The standard InChI is InChI=1S/C20H27N3O3/c1-4-16-10-19(24)22-20(21-16)15-6-5-9-23(13-15)12-14-7-8-17(25-2)11-18(14)26-3/h7-8,10-11,15H,4-6,9,12-13H2,1-3H3,(H,21,22,24)/t15-/m1/s1. The maximum Gasteiger partial charge on any atom is 0.251 e. The Labute approximate surface area is 154 Å². The molecule has 140 valence electrons. The average Bonchev–Trinajstić information content (AvgIpc) is 2.68. The van der Waals surface area contributed by atoms with Crippen LogP contribution in [-0.4, -0.2) is 42.2 Å². The Balaban J connectivity index is 1.75. The summed E-state index contributed by atoms with van der Waals surface area (Å²) in [7, 11) is 3.34. The molecule has 3 rings (SSSR count). The number of nitrogens with one attached hydrogen (secondary N) is 1. The first-order chi connectivity index (χ1) is 12.6. The highest BCUT2D eigenvalue weighted by molar-refractivity contribution is 5.40. The molecule has 0 radical (unpaired) electrons. The second-order valence-corrected chi connectivity index (χ2v) is 6.73. The molecule has 6 heteroatoms. The van der Waals surface area contributed by atoms with Crippen LogP contribution in [0.2, 0.25) is 0 Å². The molecule has 1 aromatic heterocycles. The van der Waals surface area contributed by atoms with Crippen molar-refractivity contribution < 1.29 is 9.47 Å². The van der Waals surface area contributed by atoms with Crippen molar-refractivity contribution in [3.63, 3.8) is 0 Å². The van der Waals surface area contributed by atoms with Crippen LogP contribution in [0.4, 0.5) is 0 Å². The van der Waals surface area contributed by atoms with Crippen LogP contribution < -0.4 is 15.0 Å². The number of rotatable bonds is 6. The van der Waals surface area contributed by atoms with Gasteiger partial charge in [-0.2, -0.15) is 0 Å². The molecule has 1 saturated heterocycles. The average molecular weight is 357 g/mol. The lowest BCUT2D eigenvalue weighted by Gasteiger charge is -2.32. The zero-order valence-corrected chi connectivity index (χ0v) is 15.7. The van der Waals surface area contributed by atoms with E-state index in [1.807, 2.05) is 19.1 Å². The van der Waals surface area contributed by atoms with E-state index in [0.29, 0.717) is 0 Å². The Morgan fingerprint density at radius 1 is 1.27 bits per heavy atom. The predicted octanol–water partition coefficient (Wildman–Crippen LogP) is 2.73. The van der Waals surface area contributed by atoms with Crippen LogP contribution in [0, 0.1) is 0 Å². The van der Waals surface area contributed by atoms with Crippen LogP contribution >= 0.6 is 0 Å². The summed E-state index contributed by atoms with van der Waals surface area (Å²) >= 11 is 0. The first-order valence-corrected chi connectivity index (χ1v) is 9.16. The highest BCUT2D eigenvalue weighted by Crippen LogP contribution is 2.29. The molecule has 26 heavy (non-hydrogen) atoms. The molecular weight excluding hydrogens is 330 g/mol. The van der Waals surface area contributed by atoms with E-state index in [-0.39, 0.29) is 11.5 Å². The fraction of sp³-hybridized carbons (Fsp3) is 0.500. The van der Waals surface area contributed by atoms with Crippen molar-refractivity contribution in [1.29, 1.82) is 0 Å². The van der Waals surface area contributed by atoms with Gasteiger partial charge in [0.25, 0.3) is 5.56 Å². The number of methoxy groups -OCH3 is 2. The third kappa shape index (κ3) is 4.25. The Hall–Kier alpha value is -2.34. The molecule has 1 fully saturated rings. The molecule has 1 aromatic carbocycles. The van der Waals surface area contributed by atoms with E-state index in [4.69, 9.17) is 9.47 Å². The van der Waals surface area contributed by atoms with E-state index in [0.717, 1.165) is 67.5 Å². The second-order valence-electron chi connectivity index (χ2n) is 6.73. The maximum absolute atomic E-state index is 11.9. The summed E-state index contributed by atoms with van der Waals surface area (Å²) in [5.41, 5.74) is 1.94. The molecule has 0 spiro atoms. The number of hydrogen-bond donors (Lipinski definition) is 1. The van der Waals surface area contributed by atoms with Gasteiger partial charge in [-0.05, 0) is 31.9 Å². The van der Waals surface area contributed by atoms with Crippen LogP contribution in [0.15, 0.2) is 29.1 Å². The largest absolute Gasteiger partial charge is 0.497 e. The molecule has 1 N–H and O–H groups in total. The Morgan fingerprint density at radius 2 is 2.12 bits per heavy atom. The van der Waals surface area contributed by atoms with Gasteiger partial charge in [0.15, 0.2) is 0 Å². The second kappa shape index (κ2) is 8.36. The van der Waals surface area contributed by atoms with Gasteiger partial charge >= 0.3 is 0 Å². The van der Waals surface area contributed by atoms with Crippen LogP contribution in [-0.2, 0) is 13.0 Å². The fourth-order valence-electron chi connectivity index (χ4n) is 3.55. The Bertz CT molecular complexity index is 803. The number of H-pyrrole nitrogens is 1. The number of nitrogens with zero attached hydrogens (tertiary/aromatic N) is 2. The third-order valence-electron chi connectivity index (χ3n) is 4.96. The molecule has 0 saturated carbocycles. The van der Waals surface area contributed by atoms with Crippen molar-refractivity contribution in [3.8, 4) is 11.5 Å². The lowest BCUT2D eigenvalue weighted by molar-refractivity contribution is 0.194. The molecule has 0 unspecified atom stereocenters. The van der Waals surface area contributed by atoms with Gasteiger partial charge in [0.1, 0.15) is 17.3 Å². The molecule has 1 atom stereocenters. The molecule has 6 nitrogen and oxygen atoms in total. The van der Waals surface area contributed by atoms with Crippen molar-refractivity contribution in [1.82, 2.24) is 14.9 Å². The van der Waals surface area contributed by atoms with Gasteiger partial charge in [0.2, 0.25) is 0 Å². The SMILES string of the molecule is CCc1cc(=O)[nH]c([C@@H]2CCCN(Cc3ccc(OC)cc3OC)C2)n1. The summed E-state index contributed by atoms with van der Waals surface area (Å²) in [4.78, 5) is 21.9. The summed E-state index contributed by atoms with van der Waals surface area (Å²) in [6.07, 6.45) is 2.91. The molecule has 0 bridgehead atoms. The Kier molecular flexibility index (Phi) is 5.93. The van der Waals surface area contributed by atoms with Crippen molar-refractivity contribution in [3.05, 3.63) is 51.7 Å². The smallest absolute Gasteiger partial charge is 0.251 e. The number of piperidine rings is 1. The molecule has 1 aliphatic rings. The number of aryl methyl sites for hydroxylation is 1. The maximum atomic E-state index is 11.9. The summed E-state index contributed by atoms with van der Waals surface area (Å²) in [6, 6.07) is 7.52. The van der Waals surface area contributed by atoms with Gasteiger partial charge < -0.3 is 14.5 Å². The van der Waals surface area contributed by atoms with Crippen LogP contribution in [0.1, 0.15) is 42.8 Å². The minimum atomic E-state index is -0.0548. The van der Waals surface area contributed by atoms with E-state index in [9.17, 15) is 4.79 Å². The van der Waals surface area contributed by atoms with Gasteiger partial charge in [0.05, 0.1) is 14.2 Å². The number of hydrogen-bond acceptors (Lipinski definition) is 5. The molecule has 2 aromatic rings. The number of ether oxygens (including phenoxy) is 2. The number of benzene rings is 1. The minimum absolute atomic E-state index is 0.0548. The molecular formula is C20H27N3O3. The van der Waals surface area contributed by atoms with Crippen molar-refractivity contribution in [2.24, 2.45) is 0 Å². The summed E-state index contributed by atoms with van der Waals surface area (Å²) in [6.45, 7) is 4.74. The van der Waals surface area contributed by atoms with Gasteiger partial charge in [-0.25, -0.2) is 4.98 Å². The lowest BCUT2D eigenvalue weighted by Crippen LogP contribution is -2.35. The quantitative estimate of drug-likeness (QED) is 0.861. The molecule has 1 aliphatic heterocycles. The van der Waals surface area contributed by atoms with Crippen LogP contribution in [0.5, 0.6) is 11.5 Å². The minimum Gasteiger partial charge on any atom is -0.497 e. The first kappa shape index (κ1) is 18.5. The Morgan fingerprint density at radius 3 is 2.85 bits per heavy atom. The third-order valence-corrected chi connectivity index (χ3v) is 4.96. The highest BCUT2D eigenvalue weighted by atomic mass is 16.5.